The minimum Gasteiger partial charge on any atom is -0.371 e. The second-order valence-electron chi connectivity index (χ2n) is 4.37. The van der Waals surface area contributed by atoms with Crippen LogP contribution < -0.4 is 11.1 Å². The minimum atomic E-state index is -0.556. The highest BCUT2D eigenvalue weighted by Crippen LogP contribution is 2.31. The molecule has 1 aliphatic carbocycles. The second-order valence-corrected chi connectivity index (χ2v) is 4.37. The predicted molar refractivity (Wildman–Crippen MR) is 62.9 cm³/mol. The fraction of sp³-hybridized carbons (Fsp3) is 0.500. The molecule has 0 aromatic carbocycles. The molecule has 0 aliphatic heterocycles. The van der Waals surface area contributed by atoms with Crippen LogP contribution in [-0.4, -0.2) is 16.4 Å². The number of carbonyl (C=O) groups excluding carboxylic acids is 1. The first-order valence-corrected chi connectivity index (χ1v) is 5.71. The molecular weight excluding hydrogens is 202 g/mol. The number of primary amides is 1. The van der Waals surface area contributed by atoms with E-state index in [-0.39, 0.29) is 5.91 Å². The Kier molecular flexibility index (Phi) is 3.08. The number of nitrogens with zero attached hydrogens (tertiary/aromatic N) is 1. The molecule has 0 atom stereocenters. The van der Waals surface area contributed by atoms with Gasteiger partial charge in [0, 0.05) is 18.1 Å². The maximum atomic E-state index is 11.6. The lowest BCUT2D eigenvalue weighted by Gasteiger charge is -2.35. The Balaban J connectivity index is 2.17. The topological polar surface area (TPSA) is 68.0 Å². The molecule has 3 N–H and O–H groups in total. The van der Waals surface area contributed by atoms with Gasteiger partial charge >= 0.3 is 0 Å². The van der Waals surface area contributed by atoms with E-state index < -0.39 is 5.54 Å². The fourth-order valence-corrected chi connectivity index (χ4v) is 2.30. The lowest BCUT2D eigenvalue weighted by Crippen LogP contribution is -2.51. The van der Waals surface area contributed by atoms with Gasteiger partial charge in [-0.25, -0.2) is 0 Å². The van der Waals surface area contributed by atoms with Crippen LogP contribution in [0.1, 0.15) is 32.1 Å². The third-order valence-electron chi connectivity index (χ3n) is 3.24. The number of anilines is 1. The zero-order chi connectivity index (χ0) is 11.4. The minimum absolute atomic E-state index is 0.246. The molecule has 1 saturated carbocycles. The largest absolute Gasteiger partial charge is 0.371 e. The van der Waals surface area contributed by atoms with Gasteiger partial charge in [-0.1, -0.05) is 19.3 Å². The molecule has 0 spiro atoms. The summed E-state index contributed by atoms with van der Waals surface area (Å²) in [5, 5.41) is 3.28. The molecule has 1 aromatic heterocycles. The third-order valence-corrected chi connectivity index (χ3v) is 3.24. The van der Waals surface area contributed by atoms with E-state index in [1.54, 1.807) is 12.4 Å². The molecule has 1 heterocycles. The van der Waals surface area contributed by atoms with Crippen LogP contribution in [0.25, 0.3) is 0 Å². The summed E-state index contributed by atoms with van der Waals surface area (Å²) in [5.41, 5.74) is 5.89. The van der Waals surface area contributed by atoms with Gasteiger partial charge in [-0.3, -0.25) is 9.78 Å². The molecule has 1 aromatic rings. The standard InChI is InChI=1S/C12H17N3O/c13-11(16)12(6-2-1-3-7-12)15-10-4-8-14-9-5-10/h4-5,8-9H,1-3,6-7H2,(H2,13,16)(H,14,15). The highest BCUT2D eigenvalue weighted by Gasteiger charge is 2.37. The van der Waals surface area contributed by atoms with E-state index in [0.29, 0.717) is 0 Å². The van der Waals surface area contributed by atoms with Gasteiger partial charge in [0.1, 0.15) is 5.54 Å². The molecule has 2 rings (SSSR count). The van der Waals surface area contributed by atoms with Crippen LogP contribution >= 0.6 is 0 Å². The average molecular weight is 219 g/mol. The monoisotopic (exact) mass is 219 g/mol. The number of aromatic nitrogens is 1. The van der Waals surface area contributed by atoms with Crippen molar-refractivity contribution in [1.29, 1.82) is 0 Å². The van der Waals surface area contributed by atoms with Crippen molar-refractivity contribution in [3.63, 3.8) is 0 Å². The lowest BCUT2D eigenvalue weighted by molar-refractivity contribution is -0.123. The Morgan fingerprint density at radius 3 is 2.44 bits per heavy atom. The Morgan fingerprint density at radius 2 is 1.88 bits per heavy atom. The summed E-state index contributed by atoms with van der Waals surface area (Å²) in [6.45, 7) is 0. The molecule has 0 radical (unpaired) electrons. The summed E-state index contributed by atoms with van der Waals surface area (Å²) in [5.74, 6) is -0.246. The van der Waals surface area contributed by atoms with Crippen LogP contribution in [0.3, 0.4) is 0 Å². The van der Waals surface area contributed by atoms with Crippen LogP contribution in [-0.2, 0) is 4.79 Å². The normalized spacial score (nSPS) is 19.0. The van der Waals surface area contributed by atoms with Gasteiger partial charge in [0.05, 0.1) is 0 Å². The Hall–Kier alpha value is -1.58. The van der Waals surface area contributed by atoms with Crippen molar-refractivity contribution in [1.82, 2.24) is 4.98 Å². The summed E-state index contributed by atoms with van der Waals surface area (Å²) in [6.07, 6.45) is 8.37. The molecule has 4 nitrogen and oxygen atoms in total. The molecule has 1 amide bonds. The van der Waals surface area contributed by atoms with Gasteiger partial charge in [-0.2, -0.15) is 0 Å². The summed E-state index contributed by atoms with van der Waals surface area (Å²) in [4.78, 5) is 15.6. The van der Waals surface area contributed by atoms with Crippen molar-refractivity contribution in [2.24, 2.45) is 5.73 Å². The summed E-state index contributed by atoms with van der Waals surface area (Å²) >= 11 is 0. The Morgan fingerprint density at radius 1 is 1.25 bits per heavy atom. The lowest BCUT2D eigenvalue weighted by atomic mass is 9.81. The van der Waals surface area contributed by atoms with Crippen molar-refractivity contribution in [2.75, 3.05) is 5.32 Å². The second kappa shape index (κ2) is 4.51. The fourth-order valence-electron chi connectivity index (χ4n) is 2.30. The van der Waals surface area contributed by atoms with E-state index in [0.717, 1.165) is 31.4 Å². The Labute approximate surface area is 95.3 Å². The van der Waals surface area contributed by atoms with Gasteiger partial charge in [-0.15, -0.1) is 0 Å². The molecule has 4 heteroatoms. The van der Waals surface area contributed by atoms with Crippen molar-refractivity contribution < 1.29 is 4.79 Å². The maximum absolute atomic E-state index is 11.6. The molecule has 0 saturated heterocycles. The zero-order valence-corrected chi connectivity index (χ0v) is 9.28. The zero-order valence-electron chi connectivity index (χ0n) is 9.28. The number of amides is 1. The summed E-state index contributed by atoms with van der Waals surface area (Å²) in [6, 6.07) is 3.72. The summed E-state index contributed by atoms with van der Waals surface area (Å²) < 4.78 is 0. The Bertz CT molecular complexity index is 358. The molecule has 16 heavy (non-hydrogen) atoms. The van der Waals surface area contributed by atoms with Crippen LogP contribution in [0, 0.1) is 0 Å². The summed E-state index contributed by atoms with van der Waals surface area (Å²) in [7, 11) is 0. The molecule has 1 fully saturated rings. The smallest absolute Gasteiger partial charge is 0.243 e. The quantitative estimate of drug-likeness (QED) is 0.812. The van der Waals surface area contributed by atoms with E-state index in [4.69, 9.17) is 5.73 Å². The van der Waals surface area contributed by atoms with Gasteiger partial charge in [-0.05, 0) is 25.0 Å². The van der Waals surface area contributed by atoms with Gasteiger partial charge < -0.3 is 11.1 Å². The first-order valence-electron chi connectivity index (χ1n) is 5.71. The van der Waals surface area contributed by atoms with Crippen molar-refractivity contribution in [2.45, 2.75) is 37.6 Å². The van der Waals surface area contributed by atoms with Crippen LogP contribution in [0.2, 0.25) is 0 Å². The number of hydrogen-bond donors (Lipinski definition) is 2. The maximum Gasteiger partial charge on any atom is 0.243 e. The first-order chi connectivity index (χ1) is 7.73. The SMILES string of the molecule is NC(=O)C1(Nc2ccncc2)CCCCC1. The van der Waals surface area contributed by atoms with Crippen LogP contribution in [0.5, 0.6) is 0 Å². The molecular formula is C12H17N3O. The first kappa shape index (κ1) is 10.9. The van der Waals surface area contributed by atoms with E-state index in [1.165, 1.54) is 6.42 Å². The van der Waals surface area contributed by atoms with Crippen molar-refractivity contribution >= 4 is 11.6 Å². The van der Waals surface area contributed by atoms with E-state index in [9.17, 15) is 4.79 Å². The van der Waals surface area contributed by atoms with Gasteiger partial charge in [0.15, 0.2) is 0 Å². The average Bonchev–Trinajstić information content (AvgIpc) is 2.31. The number of nitrogens with two attached hydrogens (primary N) is 1. The molecule has 0 bridgehead atoms. The van der Waals surface area contributed by atoms with Crippen molar-refractivity contribution in [3.05, 3.63) is 24.5 Å². The molecule has 1 aliphatic rings. The predicted octanol–water partition coefficient (Wildman–Crippen LogP) is 1.68. The highest BCUT2D eigenvalue weighted by molar-refractivity contribution is 5.88. The van der Waals surface area contributed by atoms with Gasteiger partial charge in [0.2, 0.25) is 5.91 Å². The van der Waals surface area contributed by atoms with E-state index in [2.05, 4.69) is 10.3 Å². The number of nitrogens with one attached hydrogen (secondary N) is 1. The third kappa shape index (κ3) is 2.15. The van der Waals surface area contributed by atoms with Gasteiger partial charge in [0.25, 0.3) is 0 Å². The van der Waals surface area contributed by atoms with E-state index in [1.807, 2.05) is 12.1 Å². The number of carbonyl (C=O) groups is 1. The molecule has 86 valence electrons. The molecule has 0 unspecified atom stereocenters. The van der Waals surface area contributed by atoms with Crippen LogP contribution in [0.15, 0.2) is 24.5 Å². The van der Waals surface area contributed by atoms with E-state index >= 15 is 0 Å². The van der Waals surface area contributed by atoms with Crippen molar-refractivity contribution in [3.8, 4) is 0 Å². The van der Waals surface area contributed by atoms with Crippen LogP contribution in [0.4, 0.5) is 5.69 Å². The number of pyridine rings is 1. The number of rotatable bonds is 3. The highest BCUT2D eigenvalue weighted by atomic mass is 16.1. The number of hydrogen-bond acceptors (Lipinski definition) is 3.